The molecule has 1 fully saturated rings. The zero-order valence-corrected chi connectivity index (χ0v) is 15.1. The van der Waals surface area contributed by atoms with Crippen LogP contribution in [0.25, 0.3) is 0 Å². The number of halogens is 3. The van der Waals surface area contributed by atoms with Gasteiger partial charge in [0.05, 0.1) is 29.5 Å². The summed E-state index contributed by atoms with van der Waals surface area (Å²) in [5, 5.41) is 22.5. The second-order valence-electron chi connectivity index (χ2n) is 6.25. The van der Waals surface area contributed by atoms with Gasteiger partial charge < -0.3 is 20.9 Å². The first-order valence-electron chi connectivity index (χ1n) is 8.62. The molecule has 1 aromatic carbocycles. The molecule has 1 aliphatic rings. The van der Waals surface area contributed by atoms with Gasteiger partial charge in [-0.15, -0.1) is 0 Å². The van der Waals surface area contributed by atoms with Crippen LogP contribution in [0.15, 0.2) is 23.3 Å². The number of nitriles is 1. The normalized spacial score (nSPS) is 20.0. The fourth-order valence-corrected chi connectivity index (χ4v) is 2.97. The van der Waals surface area contributed by atoms with E-state index in [0.717, 1.165) is 18.3 Å². The Bertz CT molecular complexity index is 793. The summed E-state index contributed by atoms with van der Waals surface area (Å²) in [6.07, 6.45) is -1.79. The smallest absolute Gasteiger partial charge is 0.417 e. The van der Waals surface area contributed by atoms with Crippen molar-refractivity contribution in [2.75, 3.05) is 7.05 Å². The van der Waals surface area contributed by atoms with E-state index in [4.69, 9.17) is 15.4 Å². The second-order valence-corrected chi connectivity index (χ2v) is 6.25. The van der Waals surface area contributed by atoms with Crippen molar-refractivity contribution in [2.24, 2.45) is 5.10 Å². The SMILES string of the molecule is CN/N=C(\C=N)C(=O)N[C@H]1CC[C@H](Oc2ccc(C#N)c(C(F)(F)F)c2)CC1. The zero-order valence-electron chi connectivity index (χ0n) is 15.1. The molecule has 2 rings (SSSR count). The minimum atomic E-state index is -4.63. The predicted octanol–water partition coefficient (Wildman–Crippen LogP) is 2.61. The number of alkyl halides is 3. The number of amides is 1. The molecule has 0 atom stereocenters. The van der Waals surface area contributed by atoms with Gasteiger partial charge in [-0.25, -0.2) is 0 Å². The summed E-state index contributed by atoms with van der Waals surface area (Å²) in [5.41, 5.74) is 0.942. The van der Waals surface area contributed by atoms with E-state index < -0.39 is 23.2 Å². The molecule has 0 bridgehead atoms. The Morgan fingerprint density at radius 2 is 2.04 bits per heavy atom. The standard InChI is InChI=1S/C18H20F3N5O2/c1-24-26-16(10-23)17(27)25-12-3-6-13(7-4-12)28-14-5-2-11(9-22)15(8-14)18(19,20)21/h2,5,8,10,12-13,23-24H,3-4,6-7H2,1H3,(H,25,27)/b23-10?,26-16+/t12-,13-. The molecule has 1 aliphatic carbocycles. The van der Waals surface area contributed by atoms with Gasteiger partial charge in [-0.3, -0.25) is 4.79 Å². The average molecular weight is 395 g/mol. The van der Waals surface area contributed by atoms with Crippen LogP contribution in [0.4, 0.5) is 13.2 Å². The van der Waals surface area contributed by atoms with Crippen molar-refractivity contribution in [3.05, 3.63) is 29.3 Å². The van der Waals surface area contributed by atoms with E-state index in [0.29, 0.717) is 25.7 Å². The molecule has 0 saturated heterocycles. The second kappa shape index (κ2) is 9.21. The van der Waals surface area contributed by atoms with Crippen molar-refractivity contribution in [3.8, 4) is 11.8 Å². The summed E-state index contributed by atoms with van der Waals surface area (Å²) in [6.45, 7) is 0. The fraction of sp³-hybridized carbons (Fsp3) is 0.444. The van der Waals surface area contributed by atoms with Crippen molar-refractivity contribution in [1.82, 2.24) is 10.7 Å². The lowest BCUT2D eigenvalue weighted by molar-refractivity contribution is -0.137. The maximum atomic E-state index is 13.0. The van der Waals surface area contributed by atoms with Crippen LogP contribution in [0, 0.1) is 16.7 Å². The molecule has 1 amide bonds. The summed E-state index contributed by atoms with van der Waals surface area (Å²) < 4.78 is 44.8. The van der Waals surface area contributed by atoms with Crippen molar-refractivity contribution in [3.63, 3.8) is 0 Å². The van der Waals surface area contributed by atoms with Gasteiger partial charge in [0.2, 0.25) is 0 Å². The molecule has 28 heavy (non-hydrogen) atoms. The van der Waals surface area contributed by atoms with Crippen molar-refractivity contribution in [1.29, 1.82) is 10.7 Å². The highest BCUT2D eigenvalue weighted by Crippen LogP contribution is 2.35. The Hall–Kier alpha value is -3.09. The number of hydrogen-bond acceptors (Lipinski definition) is 6. The van der Waals surface area contributed by atoms with E-state index in [9.17, 15) is 18.0 Å². The number of hydrogen-bond donors (Lipinski definition) is 3. The van der Waals surface area contributed by atoms with Crippen LogP contribution in [-0.2, 0) is 11.0 Å². The molecule has 0 radical (unpaired) electrons. The Balaban J connectivity index is 1.94. The number of nitrogens with one attached hydrogen (secondary N) is 3. The summed E-state index contributed by atoms with van der Waals surface area (Å²) in [7, 11) is 1.52. The lowest BCUT2D eigenvalue weighted by atomic mass is 9.92. The van der Waals surface area contributed by atoms with E-state index in [2.05, 4.69) is 15.8 Å². The number of rotatable bonds is 6. The van der Waals surface area contributed by atoms with Crippen molar-refractivity contribution >= 4 is 17.8 Å². The number of benzene rings is 1. The van der Waals surface area contributed by atoms with E-state index in [1.807, 2.05) is 0 Å². The van der Waals surface area contributed by atoms with Crippen LogP contribution in [0.5, 0.6) is 5.75 Å². The first-order chi connectivity index (χ1) is 13.3. The third-order valence-corrected chi connectivity index (χ3v) is 4.33. The molecule has 0 unspecified atom stereocenters. The lowest BCUT2D eigenvalue weighted by Gasteiger charge is -2.29. The third kappa shape index (κ3) is 5.45. The van der Waals surface area contributed by atoms with Crippen LogP contribution < -0.4 is 15.5 Å². The summed E-state index contributed by atoms with van der Waals surface area (Å²) in [5.74, 6) is -0.401. The minimum Gasteiger partial charge on any atom is -0.490 e. The minimum absolute atomic E-state index is 0.0434. The van der Waals surface area contributed by atoms with Crippen LogP contribution in [-0.4, -0.2) is 37.0 Å². The van der Waals surface area contributed by atoms with Gasteiger partial charge in [-0.05, 0) is 43.9 Å². The topological polar surface area (TPSA) is 110 Å². The van der Waals surface area contributed by atoms with Gasteiger partial charge >= 0.3 is 6.18 Å². The molecule has 7 nitrogen and oxygen atoms in total. The molecule has 0 aliphatic heterocycles. The molecule has 0 heterocycles. The fourth-order valence-electron chi connectivity index (χ4n) is 2.97. The zero-order chi connectivity index (χ0) is 20.7. The number of carbonyl (C=O) groups is 1. The number of carbonyl (C=O) groups excluding carboxylic acids is 1. The van der Waals surface area contributed by atoms with E-state index in [-0.39, 0.29) is 23.6 Å². The van der Waals surface area contributed by atoms with Crippen LogP contribution in [0.1, 0.15) is 36.8 Å². The highest BCUT2D eigenvalue weighted by Gasteiger charge is 2.34. The summed E-state index contributed by atoms with van der Waals surface area (Å²) >= 11 is 0. The maximum absolute atomic E-state index is 13.0. The van der Waals surface area contributed by atoms with Crippen LogP contribution >= 0.6 is 0 Å². The number of nitrogens with zero attached hydrogens (tertiary/aromatic N) is 2. The van der Waals surface area contributed by atoms with Crippen LogP contribution in [0.3, 0.4) is 0 Å². The highest BCUT2D eigenvalue weighted by atomic mass is 19.4. The van der Waals surface area contributed by atoms with E-state index in [1.54, 1.807) is 0 Å². The average Bonchev–Trinajstić information content (AvgIpc) is 2.66. The molecule has 150 valence electrons. The summed E-state index contributed by atoms with van der Waals surface area (Å²) in [4.78, 5) is 12.0. The Morgan fingerprint density at radius 3 is 2.57 bits per heavy atom. The predicted molar refractivity (Wildman–Crippen MR) is 96.3 cm³/mol. The molecular weight excluding hydrogens is 375 g/mol. The Kier molecular flexibility index (Phi) is 6.98. The van der Waals surface area contributed by atoms with Gasteiger partial charge in [0.25, 0.3) is 5.91 Å². The highest BCUT2D eigenvalue weighted by molar-refractivity contribution is 6.60. The lowest BCUT2D eigenvalue weighted by Crippen LogP contribution is -2.43. The van der Waals surface area contributed by atoms with Gasteiger partial charge in [-0.2, -0.15) is 23.5 Å². The maximum Gasteiger partial charge on any atom is 0.417 e. The van der Waals surface area contributed by atoms with Crippen LogP contribution in [0.2, 0.25) is 0 Å². The van der Waals surface area contributed by atoms with E-state index in [1.165, 1.54) is 19.2 Å². The number of hydrazone groups is 1. The molecule has 1 saturated carbocycles. The first kappa shape index (κ1) is 21.2. The van der Waals surface area contributed by atoms with Gasteiger partial charge in [0.1, 0.15) is 5.75 Å². The molecular formula is C18H20F3N5O2. The first-order valence-corrected chi connectivity index (χ1v) is 8.62. The van der Waals surface area contributed by atoms with Crippen molar-refractivity contribution in [2.45, 2.75) is 44.0 Å². The molecule has 0 aromatic heterocycles. The monoisotopic (exact) mass is 395 g/mol. The quantitative estimate of drug-likeness (QED) is 0.508. The van der Waals surface area contributed by atoms with Gasteiger partial charge in [0, 0.05) is 13.1 Å². The third-order valence-electron chi connectivity index (χ3n) is 4.33. The molecule has 1 aromatic rings. The summed E-state index contributed by atoms with van der Waals surface area (Å²) in [6, 6.07) is 4.71. The molecule has 3 N–H and O–H groups in total. The molecule has 10 heteroatoms. The Morgan fingerprint density at radius 1 is 1.36 bits per heavy atom. The number of ether oxygens (including phenoxy) is 1. The van der Waals surface area contributed by atoms with Crippen molar-refractivity contribution < 1.29 is 22.7 Å². The van der Waals surface area contributed by atoms with E-state index >= 15 is 0 Å². The molecule has 0 spiro atoms. The van der Waals surface area contributed by atoms with Gasteiger partial charge in [-0.1, -0.05) is 0 Å². The van der Waals surface area contributed by atoms with Gasteiger partial charge in [0.15, 0.2) is 5.71 Å². The largest absolute Gasteiger partial charge is 0.490 e. The Labute approximate surface area is 160 Å².